The van der Waals surface area contributed by atoms with Crippen LogP contribution in [0.15, 0.2) is 65.6 Å². The van der Waals surface area contributed by atoms with E-state index in [4.69, 9.17) is 9.72 Å². The van der Waals surface area contributed by atoms with Gasteiger partial charge in [0.05, 0.1) is 45.5 Å². The number of hydrogen-bond acceptors (Lipinski definition) is 6. The molecule has 3 aromatic carbocycles. The summed E-state index contributed by atoms with van der Waals surface area (Å²) in [7, 11) is 1.84. The highest BCUT2D eigenvalue weighted by Gasteiger charge is 2.38. The number of aromatic nitrogens is 4. The Morgan fingerprint density at radius 2 is 1.79 bits per heavy atom. The van der Waals surface area contributed by atoms with Gasteiger partial charge in [-0.3, -0.25) is 28.5 Å². The summed E-state index contributed by atoms with van der Waals surface area (Å²) in [6.45, 7) is 5.74. The topological polar surface area (TPSA) is 99.3 Å². The summed E-state index contributed by atoms with van der Waals surface area (Å²) in [6.07, 6.45) is 1.81. The normalized spacial score (nSPS) is 13.2. The smallest absolute Gasteiger partial charge is 0.265 e. The maximum Gasteiger partial charge on any atom is 0.265 e. The van der Waals surface area contributed by atoms with Crippen LogP contribution in [0.25, 0.3) is 27.5 Å². The number of carbonyl (C=O) groups excluding carboxylic acids is 2. The van der Waals surface area contributed by atoms with Crippen molar-refractivity contribution in [2.24, 2.45) is 7.05 Å². The summed E-state index contributed by atoms with van der Waals surface area (Å²) in [5.41, 5.74) is 3.43. The third kappa shape index (κ3) is 4.06. The Morgan fingerprint density at radius 3 is 2.59 bits per heavy atom. The standard InChI is InChI=1S/C30H27N5O4/c1-17(2)39-25-7-5-6-22-27(25)30(38)34(28(22)36)13-12-26-32-23-14-18(3)8-11-21(23)29(37)35(26)20-10-9-19-16-31-33(4)24(19)15-20/h5-11,14-17H,12-13H2,1-4H3/i4-1. The quantitative estimate of drug-likeness (QED) is 0.311. The van der Waals surface area contributed by atoms with Gasteiger partial charge >= 0.3 is 0 Å². The van der Waals surface area contributed by atoms with Crippen LogP contribution in [0.3, 0.4) is 0 Å². The molecule has 0 spiro atoms. The highest BCUT2D eigenvalue weighted by molar-refractivity contribution is 6.22. The molecule has 2 aromatic heterocycles. The fourth-order valence-electron chi connectivity index (χ4n) is 5.12. The van der Waals surface area contributed by atoms with E-state index in [0.717, 1.165) is 16.5 Å². The SMILES string of the molecule is Cc1ccc2c(=O)n(-c3ccc4cnn([11CH3])c4c3)c(CCN3C(=O)c4cccc(OC(C)C)c4C3=O)nc2c1. The number of ether oxygens (including phenoxy) is 1. The lowest BCUT2D eigenvalue weighted by Crippen LogP contribution is -2.33. The summed E-state index contributed by atoms with van der Waals surface area (Å²) < 4.78 is 9.12. The van der Waals surface area contributed by atoms with Gasteiger partial charge in [-0.25, -0.2) is 4.98 Å². The number of hydrogen-bond donors (Lipinski definition) is 0. The minimum Gasteiger partial charge on any atom is -0.490 e. The highest BCUT2D eigenvalue weighted by Crippen LogP contribution is 2.32. The van der Waals surface area contributed by atoms with Crippen LogP contribution in [-0.2, 0) is 13.5 Å². The molecule has 0 aliphatic carbocycles. The Balaban J connectivity index is 1.42. The van der Waals surface area contributed by atoms with Crippen LogP contribution in [-0.4, -0.2) is 48.7 Å². The average Bonchev–Trinajstić information content (AvgIpc) is 3.39. The van der Waals surface area contributed by atoms with Crippen molar-refractivity contribution < 1.29 is 14.3 Å². The number of imide groups is 1. The molecule has 9 heteroatoms. The molecule has 9 nitrogen and oxygen atoms in total. The first-order valence-corrected chi connectivity index (χ1v) is 12.8. The molecule has 0 saturated carbocycles. The van der Waals surface area contributed by atoms with Gasteiger partial charge in [0, 0.05) is 25.4 Å². The van der Waals surface area contributed by atoms with Gasteiger partial charge < -0.3 is 4.74 Å². The van der Waals surface area contributed by atoms with Crippen molar-refractivity contribution >= 4 is 33.6 Å². The summed E-state index contributed by atoms with van der Waals surface area (Å²) in [4.78, 5) is 46.5. The number of benzene rings is 3. The van der Waals surface area contributed by atoms with Gasteiger partial charge in [-0.05, 0) is 68.8 Å². The summed E-state index contributed by atoms with van der Waals surface area (Å²) in [6, 6.07) is 16.2. The second kappa shape index (κ2) is 9.20. The molecule has 0 N–H and O–H groups in total. The van der Waals surface area contributed by atoms with E-state index in [0.29, 0.717) is 33.7 Å². The molecule has 0 fully saturated rings. The first kappa shape index (κ1) is 24.5. The molecule has 0 bridgehead atoms. The molecular weight excluding hydrogens is 493 g/mol. The molecule has 0 atom stereocenters. The Hall–Kier alpha value is -4.79. The fourth-order valence-corrected chi connectivity index (χ4v) is 5.12. The van der Waals surface area contributed by atoms with Crippen LogP contribution >= 0.6 is 0 Å². The Labute approximate surface area is 224 Å². The molecule has 1 aliphatic heterocycles. The zero-order chi connectivity index (χ0) is 27.4. The number of amides is 2. The van der Waals surface area contributed by atoms with E-state index in [2.05, 4.69) is 5.10 Å². The first-order chi connectivity index (χ1) is 18.7. The molecule has 3 heterocycles. The van der Waals surface area contributed by atoms with Gasteiger partial charge in [-0.15, -0.1) is 0 Å². The molecule has 0 unspecified atom stereocenters. The minimum absolute atomic E-state index is 0.0607. The lowest BCUT2D eigenvalue weighted by atomic mass is 10.1. The lowest BCUT2D eigenvalue weighted by molar-refractivity contribution is 0.0654. The average molecular weight is 521 g/mol. The molecule has 39 heavy (non-hydrogen) atoms. The zero-order valence-corrected chi connectivity index (χ0v) is 22.1. The first-order valence-electron chi connectivity index (χ1n) is 12.8. The van der Waals surface area contributed by atoms with E-state index >= 15 is 0 Å². The van der Waals surface area contributed by atoms with Crippen molar-refractivity contribution in [3.8, 4) is 11.4 Å². The fraction of sp³-hybridized carbons (Fsp3) is 0.233. The summed E-state index contributed by atoms with van der Waals surface area (Å²) in [5, 5.41) is 5.75. The van der Waals surface area contributed by atoms with Crippen LogP contribution in [0.5, 0.6) is 5.75 Å². The van der Waals surface area contributed by atoms with Crippen molar-refractivity contribution in [1.82, 2.24) is 24.2 Å². The maximum absolute atomic E-state index is 13.8. The summed E-state index contributed by atoms with van der Waals surface area (Å²) >= 11 is 0. The van der Waals surface area contributed by atoms with E-state index in [9.17, 15) is 14.4 Å². The Morgan fingerprint density at radius 1 is 0.974 bits per heavy atom. The predicted molar refractivity (Wildman–Crippen MR) is 148 cm³/mol. The largest absolute Gasteiger partial charge is 0.490 e. The lowest BCUT2D eigenvalue weighted by Gasteiger charge is -2.18. The Bertz CT molecular complexity index is 1870. The molecule has 0 radical (unpaired) electrons. The van der Waals surface area contributed by atoms with E-state index in [1.165, 1.54) is 4.90 Å². The molecule has 0 saturated heterocycles. The highest BCUT2D eigenvalue weighted by atomic mass is 16.5. The minimum atomic E-state index is -0.409. The van der Waals surface area contributed by atoms with Gasteiger partial charge in [-0.2, -0.15) is 5.10 Å². The van der Waals surface area contributed by atoms with E-state index in [-0.39, 0.29) is 36.1 Å². The number of carbonyl (C=O) groups is 2. The van der Waals surface area contributed by atoms with Gasteiger partial charge in [0.2, 0.25) is 0 Å². The number of fused-ring (bicyclic) bond motifs is 3. The van der Waals surface area contributed by atoms with Crippen molar-refractivity contribution in [2.75, 3.05) is 6.54 Å². The molecule has 6 rings (SSSR count). The van der Waals surface area contributed by atoms with Crippen molar-refractivity contribution in [1.29, 1.82) is 0 Å². The van der Waals surface area contributed by atoms with Gasteiger partial charge in [0.15, 0.2) is 0 Å². The monoisotopic (exact) mass is 520 g/mol. The predicted octanol–water partition coefficient (Wildman–Crippen LogP) is 4.21. The second-order valence-electron chi connectivity index (χ2n) is 10.1. The van der Waals surface area contributed by atoms with Crippen LogP contribution in [0.4, 0.5) is 0 Å². The number of nitrogens with zero attached hydrogens (tertiary/aromatic N) is 5. The zero-order valence-electron chi connectivity index (χ0n) is 22.1. The third-order valence-corrected chi connectivity index (χ3v) is 6.97. The van der Waals surface area contributed by atoms with Gasteiger partial charge in [0.25, 0.3) is 17.4 Å². The van der Waals surface area contributed by atoms with Crippen LogP contribution in [0, 0.1) is 6.92 Å². The van der Waals surface area contributed by atoms with Crippen LogP contribution in [0.1, 0.15) is 46.0 Å². The van der Waals surface area contributed by atoms with Crippen LogP contribution in [0.2, 0.25) is 0 Å². The van der Waals surface area contributed by atoms with Gasteiger partial charge in [-0.1, -0.05) is 12.1 Å². The van der Waals surface area contributed by atoms with E-state index < -0.39 is 5.91 Å². The second-order valence-corrected chi connectivity index (χ2v) is 10.1. The van der Waals surface area contributed by atoms with Crippen molar-refractivity contribution in [3.63, 3.8) is 0 Å². The molecule has 5 aromatic rings. The molecule has 1 aliphatic rings. The number of rotatable bonds is 6. The number of aryl methyl sites for hydroxylation is 2. The summed E-state index contributed by atoms with van der Waals surface area (Å²) in [5.74, 6) is 0.0537. The molecule has 196 valence electrons. The van der Waals surface area contributed by atoms with Crippen LogP contribution < -0.4 is 10.3 Å². The van der Waals surface area contributed by atoms with Crippen molar-refractivity contribution in [2.45, 2.75) is 33.3 Å². The molecular formula is C30H27N5O4. The van der Waals surface area contributed by atoms with Crippen molar-refractivity contribution in [3.05, 3.63) is 93.7 Å². The third-order valence-electron chi connectivity index (χ3n) is 6.97. The van der Waals surface area contributed by atoms with E-state index in [1.807, 2.05) is 58.2 Å². The molecule has 2 amide bonds. The van der Waals surface area contributed by atoms with Gasteiger partial charge in [0.1, 0.15) is 11.6 Å². The maximum atomic E-state index is 13.8. The Kier molecular flexibility index (Phi) is 5.79. The van der Waals surface area contributed by atoms with E-state index in [1.54, 1.807) is 39.7 Å².